The van der Waals surface area contributed by atoms with Gasteiger partial charge in [-0.1, -0.05) is 6.92 Å². The monoisotopic (exact) mass is 271 g/mol. The molecular weight excluding hydrogens is 250 g/mol. The summed E-state index contributed by atoms with van der Waals surface area (Å²) in [4.78, 5) is 8.17. The highest BCUT2D eigenvalue weighted by Gasteiger charge is 2.05. The average molecular weight is 271 g/mol. The van der Waals surface area contributed by atoms with Gasteiger partial charge in [0.15, 0.2) is 0 Å². The molecule has 6 heteroatoms. The van der Waals surface area contributed by atoms with Crippen molar-refractivity contribution in [2.45, 2.75) is 32.7 Å². The van der Waals surface area contributed by atoms with E-state index in [0.717, 1.165) is 18.7 Å². The van der Waals surface area contributed by atoms with E-state index >= 15 is 0 Å². The van der Waals surface area contributed by atoms with Crippen molar-refractivity contribution in [2.24, 2.45) is 0 Å². The largest absolute Gasteiger partial charge is 0.478 e. The van der Waals surface area contributed by atoms with Crippen LogP contribution in [0.5, 0.6) is 5.88 Å². The number of aromatic nitrogens is 2. The Hall–Kier alpha value is -1.17. The first-order chi connectivity index (χ1) is 8.61. The third kappa shape index (κ3) is 5.95. The summed E-state index contributed by atoms with van der Waals surface area (Å²) in [7, 11) is -0.750. The molecule has 0 radical (unpaired) electrons. The molecule has 0 spiro atoms. The molecule has 0 fully saturated rings. The molecule has 1 rings (SSSR count). The van der Waals surface area contributed by atoms with Crippen LogP contribution in [0.1, 0.15) is 26.7 Å². The molecule has 0 bridgehead atoms. The summed E-state index contributed by atoms with van der Waals surface area (Å²) in [5.41, 5.74) is 0. The number of nitrogens with one attached hydrogen (secondary N) is 1. The summed E-state index contributed by atoms with van der Waals surface area (Å²) >= 11 is 0. The van der Waals surface area contributed by atoms with Crippen molar-refractivity contribution in [3.8, 4) is 5.88 Å². The standard InChI is InChI=1S/C12H21N3O2S/c1-4-6-17-12-8-11(13-9-14-12)15-10(2)5-7-18(3)16/h8-10H,4-7H2,1-3H3,(H,13,14,15). The fraction of sp³-hybridized carbons (Fsp3) is 0.667. The van der Waals surface area contributed by atoms with Crippen LogP contribution in [0, 0.1) is 0 Å². The van der Waals surface area contributed by atoms with Gasteiger partial charge in [-0.25, -0.2) is 9.97 Å². The Labute approximate surface area is 111 Å². The third-order valence-electron chi connectivity index (χ3n) is 2.33. The lowest BCUT2D eigenvalue weighted by atomic mass is 10.2. The first-order valence-electron chi connectivity index (χ1n) is 6.13. The fourth-order valence-electron chi connectivity index (χ4n) is 1.37. The lowest BCUT2D eigenvalue weighted by Crippen LogP contribution is -2.18. The molecule has 1 N–H and O–H groups in total. The number of rotatable bonds is 8. The zero-order chi connectivity index (χ0) is 13.4. The Kier molecular flexibility index (Phi) is 6.64. The van der Waals surface area contributed by atoms with Crippen LogP contribution in [-0.4, -0.2) is 38.8 Å². The van der Waals surface area contributed by atoms with Gasteiger partial charge >= 0.3 is 0 Å². The maximum atomic E-state index is 11.0. The quantitative estimate of drug-likeness (QED) is 0.781. The molecule has 0 saturated carbocycles. The number of hydrogen-bond donors (Lipinski definition) is 1. The Morgan fingerprint density at radius 2 is 2.28 bits per heavy atom. The van der Waals surface area contributed by atoms with Crippen molar-refractivity contribution < 1.29 is 8.95 Å². The second-order valence-electron chi connectivity index (χ2n) is 4.20. The molecule has 1 heterocycles. The molecule has 5 nitrogen and oxygen atoms in total. The van der Waals surface area contributed by atoms with E-state index in [1.807, 2.05) is 13.8 Å². The Bertz CT molecular complexity index is 387. The molecule has 2 atom stereocenters. The van der Waals surface area contributed by atoms with E-state index in [0.29, 0.717) is 18.2 Å². The van der Waals surface area contributed by atoms with Crippen LogP contribution in [0.15, 0.2) is 12.4 Å². The van der Waals surface area contributed by atoms with E-state index in [1.165, 1.54) is 6.33 Å². The van der Waals surface area contributed by atoms with Crippen molar-refractivity contribution in [2.75, 3.05) is 23.9 Å². The van der Waals surface area contributed by atoms with E-state index in [1.54, 1.807) is 12.3 Å². The molecule has 18 heavy (non-hydrogen) atoms. The van der Waals surface area contributed by atoms with Gasteiger partial charge in [0.25, 0.3) is 0 Å². The minimum absolute atomic E-state index is 0.225. The summed E-state index contributed by atoms with van der Waals surface area (Å²) in [6.07, 6.45) is 5.00. The van der Waals surface area contributed by atoms with Gasteiger partial charge in [-0.2, -0.15) is 0 Å². The third-order valence-corrected chi connectivity index (χ3v) is 3.14. The van der Waals surface area contributed by atoms with E-state index in [-0.39, 0.29) is 6.04 Å². The Morgan fingerprint density at radius 1 is 1.50 bits per heavy atom. The number of anilines is 1. The Balaban J connectivity index is 2.47. The predicted molar refractivity (Wildman–Crippen MR) is 74.5 cm³/mol. The maximum absolute atomic E-state index is 11.0. The van der Waals surface area contributed by atoms with Crippen LogP contribution in [0.4, 0.5) is 5.82 Å². The van der Waals surface area contributed by atoms with Gasteiger partial charge < -0.3 is 10.1 Å². The second-order valence-corrected chi connectivity index (χ2v) is 5.76. The minimum Gasteiger partial charge on any atom is -0.478 e. The highest BCUT2D eigenvalue weighted by molar-refractivity contribution is 7.84. The van der Waals surface area contributed by atoms with Crippen LogP contribution >= 0.6 is 0 Å². The zero-order valence-electron chi connectivity index (χ0n) is 11.2. The van der Waals surface area contributed by atoms with Gasteiger partial charge in [0, 0.05) is 34.9 Å². The topological polar surface area (TPSA) is 64.1 Å². The molecule has 0 aromatic carbocycles. The summed E-state index contributed by atoms with van der Waals surface area (Å²) in [5, 5.41) is 3.25. The van der Waals surface area contributed by atoms with Gasteiger partial charge in [-0.3, -0.25) is 4.21 Å². The number of hydrogen-bond acceptors (Lipinski definition) is 5. The molecule has 0 aliphatic rings. The smallest absolute Gasteiger partial charge is 0.218 e. The van der Waals surface area contributed by atoms with Crippen molar-refractivity contribution >= 4 is 16.6 Å². The van der Waals surface area contributed by atoms with Crippen molar-refractivity contribution in [3.05, 3.63) is 12.4 Å². The molecule has 0 aliphatic heterocycles. The van der Waals surface area contributed by atoms with Crippen LogP contribution in [0.2, 0.25) is 0 Å². The SMILES string of the molecule is CCCOc1cc(NC(C)CCS(C)=O)ncn1. The highest BCUT2D eigenvalue weighted by Crippen LogP contribution is 2.13. The van der Waals surface area contributed by atoms with Gasteiger partial charge in [-0.05, 0) is 19.8 Å². The maximum Gasteiger partial charge on any atom is 0.218 e. The summed E-state index contributed by atoms with van der Waals surface area (Å²) < 4.78 is 16.4. The molecular formula is C12H21N3O2S. The first kappa shape index (κ1) is 14.9. The molecule has 1 aromatic heterocycles. The summed E-state index contributed by atoms with van der Waals surface area (Å²) in [6.45, 7) is 4.75. The van der Waals surface area contributed by atoms with E-state index in [9.17, 15) is 4.21 Å². The average Bonchev–Trinajstić information content (AvgIpc) is 2.34. The highest BCUT2D eigenvalue weighted by atomic mass is 32.2. The van der Waals surface area contributed by atoms with Crippen LogP contribution in [-0.2, 0) is 10.8 Å². The molecule has 0 saturated heterocycles. The van der Waals surface area contributed by atoms with Crippen LogP contribution in [0.3, 0.4) is 0 Å². The number of nitrogens with zero attached hydrogens (tertiary/aromatic N) is 2. The van der Waals surface area contributed by atoms with E-state index in [2.05, 4.69) is 15.3 Å². The van der Waals surface area contributed by atoms with Gasteiger partial charge in [-0.15, -0.1) is 0 Å². The lowest BCUT2D eigenvalue weighted by molar-refractivity contribution is 0.305. The van der Waals surface area contributed by atoms with Gasteiger partial charge in [0.05, 0.1) is 6.61 Å². The van der Waals surface area contributed by atoms with Gasteiger partial charge in [0.2, 0.25) is 5.88 Å². The first-order valence-corrected chi connectivity index (χ1v) is 7.86. The molecule has 102 valence electrons. The minimum atomic E-state index is -0.750. The summed E-state index contributed by atoms with van der Waals surface area (Å²) in [6, 6.07) is 2.01. The Morgan fingerprint density at radius 3 is 2.94 bits per heavy atom. The van der Waals surface area contributed by atoms with Crippen LogP contribution < -0.4 is 10.1 Å². The normalized spacial score (nSPS) is 13.9. The van der Waals surface area contributed by atoms with Crippen molar-refractivity contribution in [1.29, 1.82) is 0 Å². The predicted octanol–water partition coefficient (Wildman–Crippen LogP) is 1.83. The fourth-order valence-corrected chi connectivity index (χ4v) is 2.06. The van der Waals surface area contributed by atoms with Crippen molar-refractivity contribution in [3.63, 3.8) is 0 Å². The van der Waals surface area contributed by atoms with Crippen molar-refractivity contribution in [1.82, 2.24) is 9.97 Å². The molecule has 1 aromatic rings. The summed E-state index contributed by atoms with van der Waals surface area (Å²) in [5.74, 6) is 2.02. The molecule has 2 unspecified atom stereocenters. The lowest BCUT2D eigenvalue weighted by Gasteiger charge is -2.14. The van der Waals surface area contributed by atoms with E-state index in [4.69, 9.17) is 4.74 Å². The number of ether oxygens (including phenoxy) is 1. The zero-order valence-corrected chi connectivity index (χ0v) is 12.0. The van der Waals surface area contributed by atoms with E-state index < -0.39 is 10.8 Å². The van der Waals surface area contributed by atoms with Crippen LogP contribution in [0.25, 0.3) is 0 Å². The van der Waals surface area contributed by atoms with Gasteiger partial charge in [0.1, 0.15) is 12.1 Å². The molecule has 0 aliphatic carbocycles. The molecule has 0 amide bonds. The second kappa shape index (κ2) is 8.02.